The fourth-order valence-corrected chi connectivity index (χ4v) is 4.04. The minimum atomic E-state index is -4.83. The molecule has 0 fully saturated rings. The Morgan fingerprint density at radius 3 is 2.40 bits per heavy atom. The first-order valence-corrected chi connectivity index (χ1v) is 9.23. The van der Waals surface area contributed by atoms with Gasteiger partial charge in [-0.3, -0.25) is 0 Å². The Balaban J connectivity index is 1.70. The van der Waals surface area contributed by atoms with E-state index in [-0.39, 0.29) is 11.4 Å². The van der Waals surface area contributed by atoms with Crippen molar-refractivity contribution in [3.63, 3.8) is 0 Å². The van der Waals surface area contributed by atoms with Gasteiger partial charge in [-0.05, 0) is 36.4 Å². The van der Waals surface area contributed by atoms with E-state index in [0.717, 1.165) is 34.5 Å². The van der Waals surface area contributed by atoms with Crippen molar-refractivity contribution >= 4 is 31.6 Å². The van der Waals surface area contributed by atoms with Gasteiger partial charge in [-0.15, -0.1) is 24.5 Å². The molecule has 1 heterocycles. The summed E-state index contributed by atoms with van der Waals surface area (Å²) in [5.41, 5.74) is 0.773. The normalized spacial score (nSPS) is 12.4. The first kappa shape index (κ1) is 17.6. The molecule has 0 radical (unpaired) electrons. The quantitative estimate of drug-likeness (QED) is 0.724. The van der Waals surface area contributed by atoms with Gasteiger partial charge in [0, 0.05) is 0 Å². The molecule has 0 bridgehead atoms. The van der Waals surface area contributed by atoms with Crippen LogP contribution in [0.15, 0.2) is 53.4 Å². The summed E-state index contributed by atoms with van der Waals surface area (Å²) in [6, 6.07) is 11.4. The zero-order chi connectivity index (χ0) is 18.1. The topological polar surface area (TPSA) is 68.3 Å². The van der Waals surface area contributed by atoms with Gasteiger partial charge in [0.05, 0.1) is 21.7 Å². The SMILES string of the molecule is O=S(=O)(NCc1nc2ccccc2s1)c1ccc(OC(F)(F)F)cc1. The number of rotatable bonds is 5. The number of nitrogens with one attached hydrogen (secondary N) is 1. The third-order valence-electron chi connectivity index (χ3n) is 3.12. The predicted molar refractivity (Wildman–Crippen MR) is 86.8 cm³/mol. The highest BCUT2D eigenvalue weighted by molar-refractivity contribution is 7.89. The molecule has 0 unspecified atom stereocenters. The second-order valence-electron chi connectivity index (χ2n) is 4.92. The van der Waals surface area contributed by atoms with Gasteiger partial charge in [0.1, 0.15) is 10.8 Å². The van der Waals surface area contributed by atoms with Crippen molar-refractivity contribution in [2.45, 2.75) is 17.8 Å². The molecule has 0 saturated carbocycles. The number of alkyl halides is 3. The van der Waals surface area contributed by atoms with Crippen molar-refractivity contribution in [2.75, 3.05) is 0 Å². The maximum atomic E-state index is 12.2. The Morgan fingerprint density at radius 2 is 1.76 bits per heavy atom. The number of para-hydroxylation sites is 1. The van der Waals surface area contributed by atoms with E-state index in [2.05, 4.69) is 14.4 Å². The molecule has 0 aliphatic rings. The summed E-state index contributed by atoms with van der Waals surface area (Å²) in [4.78, 5) is 4.15. The minimum Gasteiger partial charge on any atom is -0.406 e. The Bertz CT molecular complexity index is 950. The number of aromatic nitrogens is 1. The summed E-state index contributed by atoms with van der Waals surface area (Å²) >= 11 is 1.36. The average Bonchev–Trinajstić information content (AvgIpc) is 2.95. The molecule has 0 saturated heterocycles. The summed E-state index contributed by atoms with van der Waals surface area (Å²) in [6.07, 6.45) is -4.83. The number of ether oxygens (including phenoxy) is 1. The van der Waals surface area contributed by atoms with Crippen molar-refractivity contribution in [3.8, 4) is 5.75 Å². The minimum absolute atomic E-state index is 0.0114. The highest BCUT2D eigenvalue weighted by Crippen LogP contribution is 2.24. The number of benzene rings is 2. The van der Waals surface area contributed by atoms with Gasteiger partial charge in [0.25, 0.3) is 0 Å². The summed E-state index contributed by atoms with van der Waals surface area (Å²) in [7, 11) is -3.88. The van der Waals surface area contributed by atoms with Crippen molar-refractivity contribution in [3.05, 3.63) is 53.5 Å². The van der Waals surface area contributed by atoms with Gasteiger partial charge in [-0.25, -0.2) is 18.1 Å². The van der Waals surface area contributed by atoms with Crippen LogP contribution in [0, 0.1) is 0 Å². The highest BCUT2D eigenvalue weighted by atomic mass is 32.2. The number of hydrogen-bond acceptors (Lipinski definition) is 5. The van der Waals surface area contributed by atoms with Gasteiger partial charge in [0.15, 0.2) is 0 Å². The summed E-state index contributed by atoms with van der Waals surface area (Å²) in [6.45, 7) is -0.0114. The number of fused-ring (bicyclic) bond motifs is 1. The second kappa shape index (κ2) is 6.62. The molecule has 0 atom stereocenters. The van der Waals surface area contributed by atoms with E-state index in [4.69, 9.17) is 0 Å². The van der Waals surface area contributed by atoms with E-state index in [1.54, 1.807) is 0 Å². The molecule has 132 valence electrons. The van der Waals surface area contributed by atoms with E-state index in [0.29, 0.717) is 5.01 Å². The van der Waals surface area contributed by atoms with E-state index in [1.165, 1.54) is 11.3 Å². The van der Waals surface area contributed by atoms with Crippen LogP contribution in [0.3, 0.4) is 0 Å². The number of hydrogen-bond donors (Lipinski definition) is 1. The largest absolute Gasteiger partial charge is 0.573 e. The van der Waals surface area contributed by atoms with Gasteiger partial charge in [-0.2, -0.15) is 0 Å². The van der Waals surface area contributed by atoms with E-state index in [1.807, 2.05) is 24.3 Å². The first-order valence-electron chi connectivity index (χ1n) is 6.93. The van der Waals surface area contributed by atoms with Crippen LogP contribution < -0.4 is 9.46 Å². The molecule has 0 amide bonds. The van der Waals surface area contributed by atoms with Gasteiger partial charge < -0.3 is 4.74 Å². The van der Waals surface area contributed by atoms with E-state index in [9.17, 15) is 21.6 Å². The smallest absolute Gasteiger partial charge is 0.406 e. The third kappa shape index (κ3) is 4.47. The monoisotopic (exact) mass is 388 g/mol. The summed E-state index contributed by atoms with van der Waals surface area (Å²) in [5.74, 6) is -0.488. The number of nitrogens with zero attached hydrogens (tertiary/aromatic N) is 1. The van der Waals surface area contributed by atoms with Crippen LogP contribution in [-0.2, 0) is 16.6 Å². The van der Waals surface area contributed by atoms with Crippen LogP contribution in [0.2, 0.25) is 0 Å². The fraction of sp³-hybridized carbons (Fsp3) is 0.133. The molecule has 10 heteroatoms. The molecule has 1 N–H and O–H groups in total. The number of sulfonamides is 1. The van der Waals surface area contributed by atoms with Crippen molar-refractivity contribution in [1.29, 1.82) is 0 Å². The van der Waals surface area contributed by atoms with Gasteiger partial charge in [-0.1, -0.05) is 12.1 Å². The van der Waals surface area contributed by atoms with Gasteiger partial charge >= 0.3 is 6.36 Å². The predicted octanol–water partition coefficient (Wildman–Crippen LogP) is 3.67. The first-order chi connectivity index (χ1) is 11.7. The third-order valence-corrected chi connectivity index (χ3v) is 5.57. The molecule has 5 nitrogen and oxygen atoms in total. The van der Waals surface area contributed by atoms with Crippen molar-refractivity contribution < 1.29 is 26.3 Å². The summed E-state index contributed by atoms with van der Waals surface area (Å²) < 4.78 is 67.8. The Hall–Kier alpha value is -2.17. The molecular weight excluding hydrogens is 377 g/mol. The maximum absolute atomic E-state index is 12.2. The Labute approximate surface area is 145 Å². The maximum Gasteiger partial charge on any atom is 0.573 e. The Kier molecular flexibility index (Phi) is 4.67. The van der Waals surface area contributed by atoms with Crippen LogP contribution in [0.4, 0.5) is 13.2 Å². The van der Waals surface area contributed by atoms with Crippen LogP contribution in [0.1, 0.15) is 5.01 Å². The van der Waals surface area contributed by atoms with Crippen molar-refractivity contribution in [1.82, 2.24) is 9.71 Å². The van der Waals surface area contributed by atoms with Crippen LogP contribution >= 0.6 is 11.3 Å². The van der Waals surface area contributed by atoms with Crippen LogP contribution in [0.5, 0.6) is 5.75 Å². The molecule has 3 aromatic rings. The van der Waals surface area contributed by atoms with Crippen LogP contribution in [-0.4, -0.2) is 19.8 Å². The lowest BCUT2D eigenvalue weighted by molar-refractivity contribution is -0.274. The lowest BCUT2D eigenvalue weighted by atomic mass is 10.3. The fourth-order valence-electron chi connectivity index (χ4n) is 2.06. The van der Waals surface area contributed by atoms with Gasteiger partial charge in [0.2, 0.25) is 10.0 Å². The second-order valence-corrected chi connectivity index (χ2v) is 7.80. The molecule has 3 rings (SSSR count). The molecule has 2 aromatic carbocycles. The molecule has 0 spiro atoms. The van der Waals surface area contributed by atoms with E-state index >= 15 is 0 Å². The molecule has 25 heavy (non-hydrogen) atoms. The zero-order valence-corrected chi connectivity index (χ0v) is 14.1. The lowest BCUT2D eigenvalue weighted by Crippen LogP contribution is -2.23. The molecular formula is C15H11F3N2O3S2. The molecule has 0 aliphatic carbocycles. The van der Waals surface area contributed by atoms with Crippen LogP contribution in [0.25, 0.3) is 10.2 Å². The molecule has 0 aliphatic heterocycles. The highest BCUT2D eigenvalue weighted by Gasteiger charge is 2.31. The average molecular weight is 388 g/mol. The zero-order valence-electron chi connectivity index (χ0n) is 12.4. The van der Waals surface area contributed by atoms with E-state index < -0.39 is 22.1 Å². The number of thiazole rings is 1. The number of halogens is 3. The van der Waals surface area contributed by atoms with Crippen molar-refractivity contribution in [2.24, 2.45) is 0 Å². The standard InChI is InChI=1S/C15H11F3N2O3S2/c16-15(17,18)23-10-5-7-11(8-6-10)25(21,22)19-9-14-20-12-3-1-2-4-13(12)24-14/h1-8,19H,9H2. The Morgan fingerprint density at radius 1 is 1.08 bits per heavy atom. The summed E-state index contributed by atoms with van der Waals surface area (Å²) in [5, 5.41) is 0.585. The molecule has 1 aromatic heterocycles. The lowest BCUT2D eigenvalue weighted by Gasteiger charge is -2.09.